The predicted molar refractivity (Wildman–Crippen MR) is 90.7 cm³/mol. The van der Waals surface area contributed by atoms with Gasteiger partial charge in [0.2, 0.25) is 5.91 Å². The molecule has 0 N–H and O–H groups in total. The summed E-state index contributed by atoms with van der Waals surface area (Å²) in [5, 5.41) is 0. The molecule has 0 spiro atoms. The lowest BCUT2D eigenvalue weighted by atomic mass is 10.0. The molecular formula is C18H28N2O2. The van der Waals surface area contributed by atoms with Gasteiger partial charge in [-0.1, -0.05) is 33.8 Å². The van der Waals surface area contributed by atoms with Crippen LogP contribution in [0.4, 0.5) is 5.69 Å². The molecule has 22 heavy (non-hydrogen) atoms. The summed E-state index contributed by atoms with van der Waals surface area (Å²) in [5.74, 6) is 1.74. The standard InChI is InChI=1S/C18H28N2O2/c1-13(2)16-7-6-15(12-17(16)22-5)19-8-10-20(11-9-19)18(21)14(3)4/h6-7,12-14H,8-11H2,1-5H3. The summed E-state index contributed by atoms with van der Waals surface area (Å²) in [5.41, 5.74) is 2.41. The maximum absolute atomic E-state index is 12.0. The number of rotatable bonds is 4. The summed E-state index contributed by atoms with van der Waals surface area (Å²) < 4.78 is 5.54. The first kappa shape index (κ1) is 16.7. The number of nitrogens with zero attached hydrogens (tertiary/aromatic N) is 2. The molecule has 0 radical (unpaired) electrons. The topological polar surface area (TPSA) is 32.8 Å². The number of carbonyl (C=O) groups excluding carboxylic acids is 1. The van der Waals surface area contributed by atoms with Crippen LogP contribution < -0.4 is 9.64 Å². The minimum atomic E-state index is 0.0805. The van der Waals surface area contributed by atoms with E-state index >= 15 is 0 Å². The molecule has 1 aliphatic rings. The monoisotopic (exact) mass is 304 g/mol. The van der Waals surface area contributed by atoms with Gasteiger partial charge in [-0.25, -0.2) is 0 Å². The Morgan fingerprint density at radius 2 is 1.73 bits per heavy atom. The Hall–Kier alpha value is -1.71. The molecular weight excluding hydrogens is 276 g/mol. The molecule has 1 fully saturated rings. The Morgan fingerprint density at radius 3 is 2.23 bits per heavy atom. The van der Waals surface area contributed by atoms with Crippen molar-refractivity contribution in [3.05, 3.63) is 23.8 Å². The molecule has 1 saturated heterocycles. The fourth-order valence-electron chi connectivity index (χ4n) is 2.92. The Labute approximate surface area is 134 Å². The van der Waals surface area contributed by atoms with Gasteiger partial charge >= 0.3 is 0 Å². The molecule has 0 atom stereocenters. The summed E-state index contributed by atoms with van der Waals surface area (Å²) >= 11 is 0. The van der Waals surface area contributed by atoms with Gasteiger partial charge in [-0.2, -0.15) is 0 Å². The van der Waals surface area contributed by atoms with E-state index in [1.807, 2.05) is 18.7 Å². The molecule has 0 saturated carbocycles. The van der Waals surface area contributed by atoms with Crippen LogP contribution >= 0.6 is 0 Å². The van der Waals surface area contributed by atoms with Crippen LogP contribution in [0.5, 0.6) is 5.75 Å². The zero-order chi connectivity index (χ0) is 16.3. The fourth-order valence-corrected chi connectivity index (χ4v) is 2.92. The molecule has 4 heteroatoms. The minimum Gasteiger partial charge on any atom is -0.496 e. The van der Waals surface area contributed by atoms with E-state index in [9.17, 15) is 4.79 Å². The van der Waals surface area contributed by atoms with E-state index in [1.54, 1.807) is 7.11 Å². The zero-order valence-corrected chi connectivity index (χ0v) is 14.4. The molecule has 1 aromatic rings. The lowest BCUT2D eigenvalue weighted by Gasteiger charge is -2.37. The maximum Gasteiger partial charge on any atom is 0.225 e. The molecule has 1 aliphatic heterocycles. The van der Waals surface area contributed by atoms with Crippen molar-refractivity contribution in [3.8, 4) is 5.75 Å². The van der Waals surface area contributed by atoms with Crippen molar-refractivity contribution in [2.75, 3.05) is 38.2 Å². The number of ether oxygens (including phenoxy) is 1. The van der Waals surface area contributed by atoms with E-state index in [0.29, 0.717) is 5.92 Å². The van der Waals surface area contributed by atoms with Crippen molar-refractivity contribution in [1.29, 1.82) is 0 Å². The third-order valence-corrected chi connectivity index (χ3v) is 4.29. The van der Waals surface area contributed by atoms with Crippen LogP contribution in [0.25, 0.3) is 0 Å². The summed E-state index contributed by atoms with van der Waals surface area (Å²) in [6.45, 7) is 11.6. The average Bonchev–Trinajstić information content (AvgIpc) is 2.53. The van der Waals surface area contributed by atoms with Crippen molar-refractivity contribution in [2.24, 2.45) is 5.92 Å². The highest BCUT2D eigenvalue weighted by atomic mass is 16.5. The van der Waals surface area contributed by atoms with Gasteiger partial charge in [-0.05, 0) is 17.5 Å². The zero-order valence-electron chi connectivity index (χ0n) is 14.4. The summed E-state index contributed by atoms with van der Waals surface area (Å²) in [6, 6.07) is 6.44. The SMILES string of the molecule is COc1cc(N2CCN(C(=O)C(C)C)CC2)ccc1C(C)C. The quantitative estimate of drug-likeness (QED) is 0.857. The molecule has 2 rings (SSSR count). The highest BCUT2D eigenvalue weighted by molar-refractivity contribution is 5.78. The minimum absolute atomic E-state index is 0.0805. The molecule has 122 valence electrons. The summed E-state index contributed by atoms with van der Waals surface area (Å²) in [4.78, 5) is 16.4. The van der Waals surface area contributed by atoms with Gasteiger partial charge < -0.3 is 14.5 Å². The fraction of sp³-hybridized carbons (Fsp3) is 0.611. The van der Waals surface area contributed by atoms with Gasteiger partial charge in [0.25, 0.3) is 0 Å². The van der Waals surface area contributed by atoms with Gasteiger partial charge in [0.1, 0.15) is 5.75 Å². The van der Waals surface area contributed by atoms with Crippen LogP contribution in [-0.4, -0.2) is 44.1 Å². The number of anilines is 1. The third kappa shape index (κ3) is 3.54. The van der Waals surface area contributed by atoms with Crippen LogP contribution in [0.3, 0.4) is 0 Å². The van der Waals surface area contributed by atoms with Crippen LogP contribution in [-0.2, 0) is 4.79 Å². The highest BCUT2D eigenvalue weighted by Gasteiger charge is 2.23. The van der Waals surface area contributed by atoms with E-state index in [-0.39, 0.29) is 11.8 Å². The normalized spacial score (nSPS) is 15.6. The first-order chi connectivity index (χ1) is 10.4. The Morgan fingerprint density at radius 1 is 1.09 bits per heavy atom. The number of amides is 1. The van der Waals surface area contributed by atoms with E-state index in [4.69, 9.17) is 4.74 Å². The number of carbonyl (C=O) groups is 1. The summed E-state index contributed by atoms with van der Waals surface area (Å²) in [6.07, 6.45) is 0. The number of benzene rings is 1. The Kier molecular flexibility index (Phi) is 5.33. The molecule has 1 heterocycles. The Balaban J connectivity index is 2.07. The predicted octanol–water partition coefficient (Wildman–Crippen LogP) is 3.12. The highest BCUT2D eigenvalue weighted by Crippen LogP contribution is 2.31. The smallest absolute Gasteiger partial charge is 0.225 e. The lowest BCUT2D eigenvalue weighted by Crippen LogP contribution is -2.49. The molecule has 1 aromatic carbocycles. The number of hydrogen-bond donors (Lipinski definition) is 0. The maximum atomic E-state index is 12.0. The third-order valence-electron chi connectivity index (χ3n) is 4.29. The summed E-state index contributed by atoms with van der Waals surface area (Å²) in [7, 11) is 1.73. The largest absolute Gasteiger partial charge is 0.496 e. The van der Waals surface area contributed by atoms with Crippen molar-refractivity contribution in [3.63, 3.8) is 0 Å². The van der Waals surface area contributed by atoms with Crippen molar-refractivity contribution in [2.45, 2.75) is 33.6 Å². The number of methoxy groups -OCH3 is 1. The molecule has 0 unspecified atom stereocenters. The van der Waals surface area contributed by atoms with Crippen LogP contribution in [0.1, 0.15) is 39.2 Å². The van der Waals surface area contributed by atoms with Crippen LogP contribution in [0, 0.1) is 5.92 Å². The second kappa shape index (κ2) is 7.03. The molecule has 4 nitrogen and oxygen atoms in total. The Bertz CT molecular complexity index is 518. The van der Waals surface area contributed by atoms with E-state index < -0.39 is 0 Å². The molecule has 0 bridgehead atoms. The van der Waals surface area contributed by atoms with Crippen molar-refractivity contribution < 1.29 is 9.53 Å². The second-order valence-electron chi connectivity index (χ2n) is 6.55. The second-order valence-corrected chi connectivity index (χ2v) is 6.55. The first-order valence-electron chi connectivity index (χ1n) is 8.15. The van der Waals surface area contributed by atoms with Crippen LogP contribution in [0.15, 0.2) is 18.2 Å². The number of piperazine rings is 1. The van der Waals surface area contributed by atoms with Gasteiger partial charge in [-0.15, -0.1) is 0 Å². The van der Waals surface area contributed by atoms with E-state index in [0.717, 1.165) is 31.9 Å². The van der Waals surface area contributed by atoms with Gasteiger partial charge in [0.15, 0.2) is 0 Å². The molecule has 0 aromatic heterocycles. The van der Waals surface area contributed by atoms with E-state index in [2.05, 4.69) is 36.9 Å². The van der Waals surface area contributed by atoms with Gasteiger partial charge in [0, 0.05) is 43.9 Å². The van der Waals surface area contributed by atoms with Crippen molar-refractivity contribution in [1.82, 2.24) is 4.90 Å². The lowest BCUT2D eigenvalue weighted by molar-refractivity contribution is -0.134. The van der Waals surface area contributed by atoms with Crippen molar-refractivity contribution >= 4 is 11.6 Å². The number of hydrogen-bond acceptors (Lipinski definition) is 3. The molecule has 1 amide bonds. The van der Waals surface area contributed by atoms with Crippen LogP contribution in [0.2, 0.25) is 0 Å². The van der Waals surface area contributed by atoms with Gasteiger partial charge in [0.05, 0.1) is 7.11 Å². The average molecular weight is 304 g/mol. The molecule has 0 aliphatic carbocycles. The first-order valence-corrected chi connectivity index (χ1v) is 8.15. The van der Waals surface area contributed by atoms with E-state index in [1.165, 1.54) is 11.3 Å². The van der Waals surface area contributed by atoms with Gasteiger partial charge in [-0.3, -0.25) is 4.79 Å².